The Morgan fingerprint density at radius 1 is 1.50 bits per heavy atom. The highest BCUT2D eigenvalue weighted by Crippen LogP contribution is 2.15. The van der Waals surface area contributed by atoms with Crippen LogP contribution >= 0.6 is 0 Å². The Morgan fingerprint density at radius 2 is 2.21 bits per heavy atom. The molecule has 1 fully saturated rings. The molecule has 1 aromatic rings. The molecule has 1 aliphatic rings. The maximum absolute atomic E-state index is 11.3. The van der Waals surface area contributed by atoms with E-state index in [-0.39, 0.29) is 5.56 Å². The molecule has 5 nitrogen and oxygen atoms in total. The summed E-state index contributed by atoms with van der Waals surface area (Å²) in [5.74, 6) is 1.87. The van der Waals surface area contributed by atoms with Crippen LogP contribution in [0.2, 0.25) is 0 Å². The second-order valence-corrected chi connectivity index (χ2v) is 3.74. The van der Waals surface area contributed by atoms with E-state index in [1.54, 1.807) is 0 Å². The van der Waals surface area contributed by atoms with Gasteiger partial charge in [0.25, 0.3) is 5.56 Å². The highest BCUT2D eigenvalue weighted by Gasteiger charge is 2.21. The Hall–Kier alpha value is -1.36. The molecule has 0 radical (unpaired) electrons. The molecule has 2 rings (SSSR count). The van der Waals surface area contributed by atoms with Crippen LogP contribution in [0.3, 0.4) is 0 Å². The molecular weight excluding hydrogens is 180 g/mol. The SMILES string of the molecule is CN(C)c1cc(=O)[nH]c(C2CNC2)n1. The summed E-state index contributed by atoms with van der Waals surface area (Å²) in [6.07, 6.45) is 0. The van der Waals surface area contributed by atoms with Gasteiger partial charge in [0, 0.05) is 39.2 Å². The van der Waals surface area contributed by atoms with E-state index >= 15 is 0 Å². The van der Waals surface area contributed by atoms with Crippen molar-refractivity contribution in [2.75, 3.05) is 32.1 Å². The van der Waals surface area contributed by atoms with Gasteiger partial charge in [-0.1, -0.05) is 0 Å². The molecule has 0 atom stereocenters. The lowest BCUT2D eigenvalue weighted by Gasteiger charge is -2.26. The number of nitrogens with one attached hydrogen (secondary N) is 2. The number of aromatic amines is 1. The van der Waals surface area contributed by atoms with Crippen molar-refractivity contribution in [1.82, 2.24) is 15.3 Å². The minimum absolute atomic E-state index is 0.0781. The smallest absolute Gasteiger partial charge is 0.252 e. The highest BCUT2D eigenvalue weighted by atomic mass is 16.1. The highest BCUT2D eigenvalue weighted by molar-refractivity contribution is 5.35. The van der Waals surface area contributed by atoms with E-state index in [2.05, 4.69) is 15.3 Å². The van der Waals surface area contributed by atoms with Crippen molar-refractivity contribution in [2.24, 2.45) is 0 Å². The van der Waals surface area contributed by atoms with E-state index in [0.717, 1.165) is 24.7 Å². The summed E-state index contributed by atoms with van der Waals surface area (Å²) in [5, 5.41) is 3.15. The Kier molecular flexibility index (Phi) is 2.25. The second kappa shape index (κ2) is 3.42. The third kappa shape index (κ3) is 1.63. The lowest BCUT2D eigenvalue weighted by Crippen LogP contribution is -2.41. The van der Waals surface area contributed by atoms with Crippen molar-refractivity contribution >= 4 is 5.82 Å². The van der Waals surface area contributed by atoms with Gasteiger partial charge < -0.3 is 15.2 Å². The van der Waals surface area contributed by atoms with Crippen LogP contribution in [0, 0.1) is 0 Å². The Bertz CT molecular complexity index is 381. The second-order valence-electron chi connectivity index (χ2n) is 3.74. The third-order valence-corrected chi connectivity index (χ3v) is 2.37. The molecule has 0 amide bonds. The lowest BCUT2D eigenvalue weighted by atomic mass is 10.0. The van der Waals surface area contributed by atoms with Gasteiger partial charge >= 0.3 is 0 Å². The summed E-state index contributed by atoms with van der Waals surface area (Å²) >= 11 is 0. The van der Waals surface area contributed by atoms with Crippen molar-refractivity contribution in [3.63, 3.8) is 0 Å². The fourth-order valence-electron chi connectivity index (χ4n) is 1.37. The first-order chi connectivity index (χ1) is 6.66. The van der Waals surface area contributed by atoms with Gasteiger partial charge in [0.2, 0.25) is 0 Å². The van der Waals surface area contributed by atoms with Gasteiger partial charge in [-0.05, 0) is 0 Å². The average Bonchev–Trinajstić information content (AvgIpc) is 1.99. The molecule has 14 heavy (non-hydrogen) atoms. The molecule has 1 aromatic heterocycles. The Labute approximate surface area is 82.2 Å². The van der Waals surface area contributed by atoms with Crippen LogP contribution in [0.1, 0.15) is 11.7 Å². The summed E-state index contributed by atoms with van der Waals surface area (Å²) in [6.45, 7) is 1.81. The molecule has 0 unspecified atom stereocenters. The first kappa shape index (κ1) is 9.21. The summed E-state index contributed by atoms with van der Waals surface area (Å²) in [7, 11) is 3.76. The molecule has 0 aliphatic carbocycles. The van der Waals surface area contributed by atoms with E-state index < -0.39 is 0 Å². The number of hydrogen-bond acceptors (Lipinski definition) is 4. The molecule has 0 spiro atoms. The number of nitrogens with zero attached hydrogens (tertiary/aromatic N) is 2. The zero-order chi connectivity index (χ0) is 10.1. The summed E-state index contributed by atoms with van der Waals surface area (Å²) in [4.78, 5) is 20.3. The minimum Gasteiger partial charge on any atom is -0.363 e. The van der Waals surface area contributed by atoms with Crippen LogP contribution in [0.25, 0.3) is 0 Å². The van der Waals surface area contributed by atoms with Crippen LogP contribution in [0.15, 0.2) is 10.9 Å². The van der Waals surface area contributed by atoms with Crippen LogP contribution in [-0.2, 0) is 0 Å². The molecular formula is C9H14N4O. The van der Waals surface area contributed by atoms with E-state index in [1.165, 1.54) is 6.07 Å². The molecule has 0 saturated carbocycles. The molecule has 76 valence electrons. The van der Waals surface area contributed by atoms with Gasteiger partial charge in [-0.15, -0.1) is 0 Å². The number of aromatic nitrogens is 2. The maximum Gasteiger partial charge on any atom is 0.252 e. The molecule has 0 aromatic carbocycles. The Morgan fingerprint density at radius 3 is 2.71 bits per heavy atom. The lowest BCUT2D eigenvalue weighted by molar-refractivity contribution is 0.429. The number of anilines is 1. The summed E-state index contributed by atoms with van der Waals surface area (Å²) in [6, 6.07) is 1.51. The van der Waals surface area contributed by atoms with Gasteiger partial charge in [-0.25, -0.2) is 4.98 Å². The average molecular weight is 194 g/mol. The normalized spacial score (nSPS) is 16.4. The van der Waals surface area contributed by atoms with Gasteiger partial charge in [-0.2, -0.15) is 0 Å². The van der Waals surface area contributed by atoms with Crippen molar-refractivity contribution in [1.29, 1.82) is 0 Å². The fourth-order valence-corrected chi connectivity index (χ4v) is 1.37. The first-order valence-electron chi connectivity index (χ1n) is 4.66. The van der Waals surface area contributed by atoms with Crippen LogP contribution in [-0.4, -0.2) is 37.2 Å². The summed E-state index contributed by atoms with van der Waals surface area (Å²) in [5.41, 5.74) is -0.0781. The number of rotatable bonds is 2. The standard InChI is InChI=1S/C9H14N4O/c1-13(2)7-3-8(14)12-9(11-7)6-4-10-5-6/h3,6,10H,4-5H2,1-2H3,(H,11,12,14). The van der Waals surface area contributed by atoms with E-state index in [1.807, 2.05) is 19.0 Å². The zero-order valence-corrected chi connectivity index (χ0v) is 8.37. The van der Waals surface area contributed by atoms with Crippen LogP contribution in [0.4, 0.5) is 5.82 Å². The van der Waals surface area contributed by atoms with Gasteiger partial charge in [0.05, 0.1) is 0 Å². The molecule has 5 heteroatoms. The monoisotopic (exact) mass is 194 g/mol. The molecule has 1 saturated heterocycles. The topological polar surface area (TPSA) is 61.0 Å². The summed E-state index contributed by atoms with van der Waals surface area (Å²) < 4.78 is 0. The fraction of sp³-hybridized carbons (Fsp3) is 0.556. The predicted molar refractivity (Wildman–Crippen MR) is 54.8 cm³/mol. The first-order valence-corrected chi connectivity index (χ1v) is 4.66. The minimum atomic E-state index is -0.0781. The van der Waals surface area contributed by atoms with E-state index in [9.17, 15) is 4.79 Å². The van der Waals surface area contributed by atoms with Crippen LogP contribution in [0.5, 0.6) is 0 Å². The molecule has 2 N–H and O–H groups in total. The van der Waals surface area contributed by atoms with Gasteiger partial charge in [-0.3, -0.25) is 4.79 Å². The molecule has 1 aliphatic heterocycles. The van der Waals surface area contributed by atoms with E-state index in [0.29, 0.717) is 5.92 Å². The van der Waals surface area contributed by atoms with Crippen molar-refractivity contribution in [3.8, 4) is 0 Å². The van der Waals surface area contributed by atoms with E-state index in [4.69, 9.17) is 0 Å². The number of H-pyrrole nitrogens is 1. The number of hydrogen-bond donors (Lipinski definition) is 2. The predicted octanol–water partition coefficient (Wildman–Crippen LogP) is -0.477. The van der Waals surface area contributed by atoms with Crippen molar-refractivity contribution in [3.05, 3.63) is 22.2 Å². The quantitative estimate of drug-likeness (QED) is 0.667. The Balaban J connectivity index is 2.35. The maximum atomic E-state index is 11.3. The third-order valence-electron chi connectivity index (χ3n) is 2.37. The molecule has 2 heterocycles. The van der Waals surface area contributed by atoms with Gasteiger partial charge in [0.1, 0.15) is 11.6 Å². The largest absolute Gasteiger partial charge is 0.363 e. The zero-order valence-electron chi connectivity index (χ0n) is 8.37. The van der Waals surface area contributed by atoms with Gasteiger partial charge in [0.15, 0.2) is 0 Å². The van der Waals surface area contributed by atoms with Crippen molar-refractivity contribution in [2.45, 2.75) is 5.92 Å². The van der Waals surface area contributed by atoms with Crippen molar-refractivity contribution < 1.29 is 0 Å². The van der Waals surface area contributed by atoms with Crippen LogP contribution < -0.4 is 15.8 Å². The molecule has 0 bridgehead atoms.